The third-order valence-corrected chi connectivity index (χ3v) is 3.86. The van der Waals surface area contributed by atoms with Crippen molar-refractivity contribution in [2.45, 2.75) is 32.3 Å². The molecule has 1 saturated carbocycles. The minimum absolute atomic E-state index is 0.605. The minimum atomic E-state index is 0.605. The lowest BCUT2D eigenvalue weighted by Gasteiger charge is -2.07. The summed E-state index contributed by atoms with van der Waals surface area (Å²) in [7, 11) is 0. The second-order valence-electron chi connectivity index (χ2n) is 5.24. The maximum Gasteiger partial charge on any atom is 0.138 e. The number of pyridine rings is 1. The zero-order chi connectivity index (χ0) is 13.1. The van der Waals surface area contributed by atoms with E-state index in [1.54, 1.807) is 6.20 Å². The molecule has 0 unspecified atom stereocenters. The van der Waals surface area contributed by atoms with Crippen molar-refractivity contribution in [3.8, 4) is 5.75 Å². The van der Waals surface area contributed by atoms with Gasteiger partial charge in [0.05, 0.1) is 6.20 Å². The van der Waals surface area contributed by atoms with Gasteiger partial charge in [0.25, 0.3) is 0 Å². The lowest BCUT2D eigenvalue weighted by atomic mass is 10.1. The van der Waals surface area contributed by atoms with Gasteiger partial charge < -0.3 is 4.74 Å². The van der Waals surface area contributed by atoms with Gasteiger partial charge in [-0.25, -0.2) is 0 Å². The molecule has 0 amide bonds. The molecular weight excluding hydrogens is 234 g/mol. The van der Waals surface area contributed by atoms with Gasteiger partial charge in [0.2, 0.25) is 0 Å². The van der Waals surface area contributed by atoms with Crippen molar-refractivity contribution in [2.75, 3.05) is 0 Å². The van der Waals surface area contributed by atoms with Crippen LogP contribution in [0.1, 0.15) is 36.8 Å². The van der Waals surface area contributed by atoms with Crippen molar-refractivity contribution in [3.05, 3.63) is 59.9 Å². The minimum Gasteiger partial charge on any atom is -0.487 e. The highest BCUT2D eigenvalue weighted by molar-refractivity contribution is 5.30. The highest BCUT2D eigenvalue weighted by Gasteiger charge is 2.36. The van der Waals surface area contributed by atoms with Crippen LogP contribution >= 0.6 is 0 Å². The van der Waals surface area contributed by atoms with E-state index in [0.717, 1.165) is 11.7 Å². The molecule has 2 atom stereocenters. The van der Waals surface area contributed by atoms with E-state index in [4.69, 9.17) is 4.74 Å². The predicted molar refractivity (Wildman–Crippen MR) is 76.2 cm³/mol. The van der Waals surface area contributed by atoms with Gasteiger partial charge in [-0.3, -0.25) is 4.98 Å². The van der Waals surface area contributed by atoms with E-state index in [1.807, 2.05) is 24.4 Å². The molecule has 1 aliphatic carbocycles. The highest BCUT2D eigenvalue weighted by Crippen LogP contribution is 2.49. The molecule has 3 rings (SSSR count). The van der Waals surface area contributed by atoms with Crippen molar-refractivity contribution in [1.29, 1.82) is 0 Å². The monoisotopic (exact) mass is 253 g/mol. The van der Waals surface area contributed by atoms with E-state index in [9.17, 15) is 0 Å². The first-order chi connectivity index (χ1) is 9.36. The Hall–Kier alpha value is -1.83. The highest BCUT2D eigenvalue weighted by atomic mass is 16.5. The SMILES string of the molecule is CC[C@H]1C[C@@H]1c1cncc(OCc2ccccc2)c1. The number of benzene rings is 1. The van der Waals surface area contributed by atoms with Crippen LogP contribution < -0.4 is 4.74 Å². The summed E-state index contributed by atoms with van der Waals surface area (Å²) in [4.78, 5) is 4.30. The molecular formula is C17H19NO. The number of nitrogens with zero attached hydrogens (tertiary/aromatic N) is 1. The molecule has 1 aromatic carbocycles. The molecule has 2 heteroatoms. The smallest absolute Gasteiger partial charge is 0.138 e. The molecule has 1 aromatic heterocycles. The van der Waals surface area contributed by atoms with E-state index >= 15 is 0 Å². The standard InChI is InChI=1S/C17H19NO/c1-2-14-9-17(14)15-8-16(11-18-10-15)19-12-13-6-4-3-5-7-13/h3-8,10-11,14,17H,2,9,12H2,1H3/t14-,17-/m0/s1. The Balaban J connectivity index is 1.64. The van der Waals surface area contributed by atoms with Crippen LogP contribution in [0.15, 0.2) is 48.8 Å². The summed E-state index contributed by atoms with van der Waals surface area (Å²) < 4.78 is 5.82. The first-order valence-electron chi connectivity index (χ1n) is 6.98. The first-order valence-corrected chi connectivity index (χ1v) is 6.98. The van der Waals surface area contributed by atoms with Gasteiger partial charge in [-0.15, -0.1) is 0 Å². The summed E-state index contributed by atoms with van der Waals surface area (Å²) >= 11 is 0. The predicted octanol–water partition coefficient (Wildman–Crippen LogP) is 4.17. The molecule has 0 saturated heterocycles. The lowest BCUT2D eigenvalue weighted by Crippen LogP contribution is -1.96. The Kier molecular flexibility index (Phi) is 3.49. The van der Waals surface area contributed by atoms with Gasteiger partial charge >= 0.3 is 0 Å². The van der Waals surface area contributed by atoms with Gasteiger partial charge in [-0.1, -0.05) is 43.7 Å². The molecule has 2 aromatic rings. The second kappa shape index (κ2) is 5.43. The molecule has 1 heterocycles. The van der Waals surface area contributed by atoms with Crippen LogP contribution in [0.3, 0.4) is 0 Å². The average molecular weight is 253 g/mol. The Morgan fingerprint density at radius 3 is 2.79 bits per heavy atom. The fourth-order valence-electron chi connectivity index (χ4n) is 2.57. The van der Waals surface area contributed by atoms with Crippen LogP contribution in [-0.2, 0) is 6.61 Å². The quantitative estimate of drug-likeness (QED) is 0.797. The Labute approximate surface area is 114 Å². The van der Waals surface area contributed by atoms with E-state index in [-0.39, 0.29) is 0 Å². The van der Waals surface area contributed by atoms with Crippen molar-refractivity contribution in [2.24, 2.45) is 5.92 Å². The van der Waals surface area contributed by atoms with Gasteiger partial charge in [0.15, 0.2) is 0 Å². The summed E-state index contributed by atoms with van der Waals surface area (Å²) in [5.74, 6) is 2.44. The van der Waals surface area contributed by atoms with E-state index in [1.165, 1.54) is 24.0 Å². The second-order valence-corrected chi connectivity index (χ2v) is 5.24. The Bertz CT molecular complexity index is 538. The van der Waals surface area contributed by atoms with Crippen LogP contribution in [0.5, 0.6) is 5.75 Å². The van der Waals surface area contributed by atoms with Crippen molar-refractivity contribution in [1.82, 2.24) is 4.98 Å². The topological polar surface area (TPSA) is 22.1 Å². The van der Waals surface area contributed by atoms with Crippen LogP contribution in [0.4, 0.5) is 0 Å². The lowest BCUT2D eigenvalue weighted by molar-refractivity contribution is 0.304. The number of rotatable bonds is 5. The third-order valence-electron chi connectivity index (χ3n) is 3.86. The molecule has 0 spiro atoms. The van der Waals surface area contributed by atoms with Crippen LogP contribution in [-0.4, -0.2) is 4.98 Å². The Morgan fingerprint density at radius 2 is 2.05 bits per heavy atom. The number of hydrogen-bond acceptors (Lipinski definition) is 2. The fraction of sp³-hybridized carbons (Fsp3) is 0.353. The third kappa shape index (κ3) is 2.95. The van der Waals surface area contributed by atoms with Gasteiger partial charge in [0.1, 0.15) is 12.4 Å². The maximum atomic E-state index is 5.82. The molecule has 98 valence electrons. The molecule has 0 radical (unpaired) electrons. The molecule has 0 aliphatic heterocycles. The summed E-state index contributed by atoms with van der Waals surface area (Å²) in [6.45, 7) is 2.86. The van der Waals surface area contributed by atoms with E-state index < -0.39 is 0 Å². The zero-order valence-electron chi connectivity index (χ0n) is 11.3. The van der Waals surface area contributed by atoms with Crippen molar-refractivity contribution in [3.63, 3.8) is 0 Å². The van der Waals surface area contributed by atoms with Gasteiger partial charge in [-0.05, 0) is 35.4 Å². The number of hydrogen-bond donors (Lipinski definition) is 0. The fourth-order valence-corrected chi connectivity index (χ4v) is 2.57. The van der Waals surface area contributed by atoms with Gasteiger partial charge in [-0.2, -0.15) is 0 Å². The summed E-state index contributed by atoms with van der Waals surface area (Å²) in [6, 6.07) is 12.4. The zero-order valence-corrected chi connectivity index (χ0v) is 11.3. The van der Waals surface area contributed by atoms with E-state index in [2.05, 4.69) is 30.1 Å². The Morgan fingerprint density at radius 1 is 1.21 bits per heavy atom. The van der Waals surface area contributed by atoms with Crippen LogP contribution in [0.2, 0.25) is 0 Å². The summed E-state index contributed by atoms with van der Waals surface area (Å²) in [6.07, 6.45) is 6.35. The van der Waals surface area contributed by atoms with Crippen molar-refractivity contribution < 1.29 is 4.74 Å². The average Bonchev–Trinajstić information content (AvgIpc) is 3.26. The molecule has 1 aliphatic rings. The van der Waals surface area contributed by atoms with E-state index in [0.29, 0.717) is 12.5 Å². The molecule has 1 fully saturated rings. The molecule has 19 heavy (non-hydrogen) atoms. The summed E-state index contributed by atoms with van der Waals surface area (Å²) in [5.41, 5.74) is 2.52. The summed E-state index contributed by atoms with van der Waals surface area (Å²) in [5, 5.41) is 0. The molecule has 0 bridgehead atoms. The normalized spacial score (nSPS) is 21.1. The maximum absolute atomic E-state index is 5.82. The molecule has 2 nitrogen and oxygen atoms in total. The molecule has 0 N–H and O–H groups in total. The largest absolute Gasteiger partial charge is 0.487 e. The number of aromatic nitrogens is 1. The number of ether oxygens (including phenoxy) is 1. The first kappa shape index (κ1) is 12.2. The van der Waals surface area contributed by atoms with Crippen molar-refractivity contribution >= 4 is 0 Å². The van der Waals surface area contributed by atoms with Gasteiger partial charge in [0, 0.05) is 6.20 Å². The van der Waals surface area contributed by atoms with Crippen LogP contribution in [0.25, 0.3) is 0 Å². The van der Waals surface area contributed by atoms with Crippen LogP contribution in [0, 0.1) is 5.92 Å².